The van der Waals surface area contributed by atoms with Crippen molar-refractivity contribution in [3.63, 3.8) is 0 Å². The molecule has 0 aliphatic rings. The van der Waals surface area contributed by atoms with Gasteiger partial charge >= 0.3 is 12.1 Å². The molecular weight excluding hydrogens is 453 g/mol. The van der Waals surface area contributed by atoms with Crippen molar-refractivity contribution in [3.8, 4) is 0 Å². The molecule has 0 fully saturated rings. The lowest BCUT2D eigenvalue weighted by Gasteiger charge is -2.08. The molecule has 0 radical (unpaired) electrons. The normalized spacial score (nSPS) is 11.5. The summed E-state index contributed by atoms with van der Waals surface area (Å²) in [6.45, 7) is 1.85. The number of aryl methyl sites for hydroxylation is 1. The number of methoxy groups -OCH3 is 1. The molecule has 13 heteroatoms. The molecule has 0 saturated heterocycles. The Morgan fingerprint density at radius 2 is 1.97 bits per heavy atom. The van der Waals surface area contributed by atoms with Gasteiger partial charge in [-0.25, -0.2) is 24.7 Å². The van der Waals surface area contributed by atoms with Crippen LogP contribution in [-0.4, -0.2) is 33.0 Å². The van der Waals surface area contributed by atoms with Crippen LogP contribution in [0.4, 0.5) is 35.5 Å². The SMILES string of the molecule is COC(=O)c1scc(C)c1Nc1nc2c(Nc3ccc(C(F)(F)F)nc3)ncnc2s1. The largest absolute Gasteiger partial charge is 0.465 e. The summed E-state index contributed by atoms with van der Waals surface area (Å²) in [6, 6.07) is 2.13. The number of anilines is 4. The van der Waals surface area contributed by atoms with Crippen molar-refractivity contribution in [2.24, 2.45) is 0 Å². The van der Waals surface area contributed by atoms with E-state index < -0.39 is 17.8 Å². The number of carbonyl (C=O) groups is 1. The van der Waals surface area contributed by atoms with Crippen LogP contribution in [0.5, 0.6) is 0 Å². The van der Waals surface area contributed by atoms with E-state index in [-0.39, 0.29) is 0 Å². The van der Waals surface area contributed by atoms with E-state index >= 15 is 0 Å². The van der Waals surface area contributed by atoms with Crippen LogP contribution in [-0.2, 0) is 10.9 Å². The quantitative estimate of drug-likeness (QED) is 0.390. The van der Waals surface area contributed by atoms with Crippen molar-refractivity contribution < 1.29 is 22.7 Å². The molecule has 0 spiro atoms. The summed E-state index contributed by atoms with van der Waals surface area (Å²) in [5, 5.41) is 8.33. The van der Waals surface area contributed by atoms with Gasteiger partial charge in [0.1, 0.15) is 22.4 Å². The highest BCUT2D eigenvalue weighted by atomic mass is 32.1. The zero-order valence-electron chi connectivity index (χ0n) is 15.9. The summed E-state index contributed by atoms with van der Waals surface area (Å²) in [5.74, 6) is -0.148. The second-order valence-electron chi connectivity index (χ2n) is 6.19. The molecule has 2 N–H and O–H groups in total. The van der Waals surface area contributed by atoms with Crippen LogP contribution < -0.4 is 10.6 Å². The molecule has 4 aromatic heterocycles. The fourth-order valence-corrected chi connectivity index (χ4v) is 4.35. The summed E-state index contributed by atoms with van der Waals surface area (Å²) >= 11 is 2.49. The molecule has 4 aromatic rings. The van der Waals surface area contributed by atoms with Gasteiger partial charge in [-0.1, -0.05) is 11.3 Å². The molecule has 0 aromatic carbocycles. The molecular formula is C18H13F3N6O2S2. The summed E-state index contributed by atoms with van der Waals surface area (Å²) in [5.41, 5.74) is 1.19. The molecule has 0 saturated carbocycles. The second-order valence-corrected chi connectivity index (χ2v) is 8.05. The Balaban J connectivity index is 1.62. The predicted molar refractivity (Wildman–Crippen MR) is 111 cm³/mol. The van der Waals surface area contributed by atoms with Crippen LogP contribution in [0.25, 0.3) is 10.3 Å². The Kier molecular flexibility index (Phi) is 5.45. The average Bonchev–Trinajstić information content (AvgIpc) is 3.31. The number of rotatable bonds is 5. The Bertz CT molecular complexity index is 1250. The number of nitrogens with zero attached hydrogens (tertiary/aromatic N) is 4. The van der Waals surface area contributed by atoms with Crippen molar-refractivity contribution in [3.05, 3.63) is 46.2 Å². The highest BCUT2D eigenvalue weighted by Gasteiger charge is 2.32. The smallest absolute Gasteiger partial charge is 0.433 e. The van der Waals surface area contributed by atoms with Gasteiger partial charge in [-0.3, -0.25) is 0 Å². The van der Waals surface area contributed by atoms with E-state index in [1.54, 1.807) is 0 Å². The van der Waals surface area contributed by atoms with Gasteiger partial charge in [0.25, 0.3) is 0 Å². The fourth-order valence-electron chi connectivity index (χ4n) is 2.62. The van der Waals surface area contributed by atoms with Gasteiger partial charge in [-0.05, 0) is 30.0 Å². The first-order valence-corrected chi connectivity index (χ1v) is 10.3. The Labute approximate surface area is 181 Å². The van der Waals surface area contributed by atoms with Crippen LogP contribution in [0.1, 0.15) is 20.9 Å². The first kappa shape index (κ1) is 20.9. The number of nitrogens with one attached hydrogen (secondary N) is 2. The maximum absolute atomic E-state index is 12.7. The van der Waals surface area contributed by atoms with E-state index in [1.807, 2.05) is 12.3 Å². The number of hydrogen-bond acceptors (Lipinski definition) is 10. The third-order valence-corrected chi connectivity index (χ3v) is 6.05. The van der Waals surface area contributed by atoms with Gasteiger partial charge in [0.05, 0.1) is 24.7 Å². The van der Waals surface area contributed by atoms with Crippen LogP contribution >= 0.6 is 22.7 Å². The van der Waals surface area contributed by atoms with E-state index in [2.05, 4.69) is 30.6 Å². The lowest BCUT2D eigenvalue weighted by molar-refractivity contribution is -0.141. The van der Waals surface area contributed by atoms with Gasteiger partial charge in [-0.2, -0.15) is 13.2 Å². The monoisotopic (exact) mass is 466 g/mol. The molecule has 31 heavy (non-hydrogen) atoms. The molecule has 4 heterocycles. The first-order chi connectivity index (χ1) is 14.8. The summed E-state index contributed by atoms with van der Waals surface area (Å²) in [7, 11) is 1.31. The Hall–Kier alpha value is -3.32. The molecule has 0 aliphatic carbocycles. The highest BCUT2D eigenvalue weighted by molar-refractivity contribution is 7.22. The minimum absolute atomic E-state index is 0.311. The number of carbonyl (C=O) groups excluding carboxylic acids is 1. The molecule has 0 bridgehead atoms. The second kappa shape index (κ2) is 8.07. The van der Waals surface area contributed by atoms with E-state index in [9.17, 15) is 18.0 Å². The first-order valence-electron chi connectivity index (χ1n) is 8.61. The lowest BCUT2D eigenvalue weighted by atomic mass is 10.3. The number of alkyl halides is 3. The molecule has 8 nitrogen and oxygen atoms in total. The van der Waals surface area contributed by atoms with E-state index in [0.717, 1.165) is 17.8 Å². The van der Waals surface area contributed by atoms with E-state index in [4.69, 9.17) is 4.74 Å². The number of hydrogen-bond donors (Lipinski definition) is 2. The van der Waals surface area contributed by atoms with Crippen molar-refractivity contribution >= 4 is 61.3 Å². The standard InChI is InChI=1S/C18H13F3N6O2S2/c1-8-6-30-13(16(28)29-2)11(8)26-17-27-12-14(23-7-24-15(12)31-17)25-9-3-4-10(22-5-9)18(19,20)21/h3-7H,1-2H3,(H,26,27)(H,23,24,25). The molecule has 160 valence electrons. The minimum atomic E-state index is -4.51. The average molecular weight is 466 g/mol. The number of thiophene rings is 1. The van der Waals surface area contributed by atoms with E-state index in [1.165, 1.54) is 42.2 Å². The fraction of sp³-hybridized carbons (Fsp3) is 0.167. The molecule has 0 atom stereocenters. The number of ether oxygens (including phenoxy) is 1. The van der Waals surface area contributed by atoms with Gasteiger partial charge in [-0.15, -0.1) is 11.3 Å². The maximum atomic E-state index is 12.7. The topological polar surface area (TPSA) is 102 Å². The molecule has 0 amide bonds. The number of thiazole rings is 1. The number of esters is 1. The van der Waals surface area contributed by atoms with Crippen molar-refractivity contribution in [2.75, 3.05) is 17.7 Å². The maximum Gasteiger partial charge on any atom is 0.433 e. The van der Waals surface area contributed by atoms with Crippen LogP contribution in [0, 0.1) is 6.92 Å². The molecule has 4 rings (SSSR count). The van der Waals surface area contributed by atoms with Gasteiger partial charge in [0, 0.05) is 0 Å². The number of pyridine rings is 1. The third kappa shape index (κ3) is 4.27. The number of halogens is 3. The number of fused-ring (bicyclic) bond motifs is 1. The van der Waals surface area contributed by atoms with Crippen molar-refractivity contribution in [2.45, 2.75) is 13.1 Å². The minimum Gasteiger partial charge on any atom is -0.465 e. The summed E-state index contributed by atoms with van der Waals surface area (Å²) < 4.78 is 42.9. The van der Waals surface area contributed by atoms with Gasteiger partial charge in [0.15, 0.2) is 15.8 Å². The van der Waals surface area contributed by atoms with Crippen molar-refractivity contribution in [1.29, 1.82) is 0 Å². The summed E-state index contributed by atoms with van der Waals surface area (Å²) in [6.07, 6.45) is -2.13. The Morgan fingerprint density at radius 1 is 1.16 bits per heavy atom. The van der Waals surface area contributed by atoms with E-state index in [0.29, 0.717) is 37.5 Å². The van der Waals surface area contributed by atoms with Crippen LogP contribution in [0.2, 0.25) is 0 Å². The van der Waals surface area contributed by atoms with Gasteiger partial charge < -0.3 is 15.4 Å². The molecule has 0 aliphatic heterocycles. The predicted octanol–water partition coefficient (Wildman–Crippen LogP) is 5.14. The van der Waals surface area contributed by atoms with Crippen LogP contribution in [0.3, 0.4) is 0 Å². The zero-order chi connectivity index (χ0) is 22.2. The zero-order valence-corrected chi connectivity index (χ0v) is 17.6. The van der Waals surface area contributed by atoms with Crippen molar-refractivity contribution in [1.82, 2.24) is 19.9 Å². The Morgan fingerprint density at radius 3 is 2.65 bits per heavy atom. The number of aromatic nitrogens is 4. The third-order valence-electron chi connectivity index (χ3n) is 4.09. The summed E-state index contributed by atoms with van der Waals surface area (Å²) in [4.78, 5) is 29.2. The highest BCUT2D eigenvalue weighted by Crippen LogP contribution is 2.35. The lowest BCUT2D eigenvalue weighted by Crippen LogP contribution is -2.07. The van der Waals surface area contributed by atoms with Gasteiger partial charge in [0.2, 0.25) is 0 Å². The van der Waals surface area contributed by atoms with Crippen LogP contribution in [0.15, 0.2) is 30.0 Å². The molecule has 0 unspecified atom stereocenters.